The summed E-state index contributed by atoms with van der Waals surface area (Å²) >= 11 is 0. The number of nitrogens with one attached hydrogen (secondary N) is 1. The van der Waals surface area contributed by atoms with Gasteiger partial charge in [-0.3, -0.25) is 4.99 Å². The lowest BCUT2D eigenvalue weighted by molar-refractivity contribution is 0.597. The maximum Gasteiger partial charge on any atom is 0.188 e. The Bertz CT molecular complexity index is 465. The van der Waals surface area contributed by atoms with E-state index < -0.39 is 0 Å². The quantitative estimate of drug-likeness (QED) is 0.474. The van der Waals surface area contributed by atoms with Gasteiger partial charge in [0.05, 0.1) is 0 Å². The van der Waals surface area contributed by atoms with Crippen LogP contribution in [0.2, 0.25) is 0 Å². The van der Waals surface area contributed by atoms with Crippen molar-refractivity contribution in [3.8, 4) is 0 Å². The number of guanidine groups is 1. The van der Waals surface area contributed by atoms with Gasteiger partial charge in [-0.25, -0.2) is 0 Å². The van der Waals surface area contributed by atoms with E-state index in [0.717, 1.165) is 50.4 Å². The zero-order chi connectivity index (χ0) is 15.1. The van der Waals surface area contributed by atoms with Crippen molar-refractivity contribution in [3.05, 3.63) is 11.6 Å². The van der Waals surface area contributed by atoms with E-state index in [-0.39, 0.29) is 0 Å². The summed E-state index contributed by atoms with van der Waals surface area (Å²) in [7, 11) is 0. The maximum absolute atomic E-state index is 5.85. The molecule has 1 unspecified atom stereocenters. The molecule has 1 aliphatic rings. The van der Waals surface area contributed by atoms with E-state index in [1.54, 1.807) is 0 Å². The van der Waals surface area contributed by atoms with Crippen LogP contribution in [0, 0.1) is 0 Å². The van der Waals surface area contributed by atoms with E-state index >= 15 is 0 Å². The van der Waals surface area contributed by atoms with Crippen LogP contribution >= 0.6 is 0 Å². The molecule has 118 valence electrons. The largest absolute Gasteiger partial charge is 0.370 e. The predicted octanol–water partition coefficient (Wildman–Crippen LogP) is 1.64. The lowest BCUT2D eigenvalue weighted by Gasteiger charge is -2.11. The van der Waals surface area contributed by atoms with Crippen LogP contribution in [0.5, 0.6) is 0 Å². The molecule has 0 aromatic carbocycles. The molecule has 0 saturated carbocycles. The van der Waals surface area contributed by atoms with Gasteiger partial charge in [-0.2, -0.15) is 0 Å². The van der Waals surface area contributed by atoms with Crippen LogP contribution < -0.4 is 11.1 Å². The first-order valence-electron chi connectivity index (χ1n) is 8.18. The highest BCUT2D eigenvalue weighted by Crippen LogP contribution is 2.15. The van der Waals surface area contributed by atoms with Gasteiger partial charge in [-0.05, 0) is 32.6 Å². The standard InChI is InChI=1S/C15H28N6/c1-3-12(2)18-15(16)17-10-7-9-14-20-19-13-8-5-4-6-11-21(13)14/h12H,3-11H2,1-2H3,(H3,16,17,18). The van der Waals surface area contributed by atoms with Gasteiger partial charge in [-0.15, -0.1) is 10.2 Å². The Morgan fingerprint density at radius 3 is 3.05 bits per heavy atom. The van der Waals surface area contributed by atoms with Gasteiger partial charge in [0, 0.05) is 32.0 Å². The number of aryl methyl sites for hydroxylation is 2. The molecule has 6 nitrogen and oxygen atoms in total. The third-order valence-corrected chi connectivity index (χ3v) is 4.03. The number of aliphatic imine (C=N–C) groups is 1. The number of aromatic nitrogens is 3. The lowest BCUT2D eigenvalue weighted by Crippen LogP contribution is -2.38. The smallest absolute Gasteiger partial charge is 0.188 e. The fourth-order valence-corrected chi connectivity index (χ4v) is 2.57. The van der Waals surface area contributed by atoms with Crippen molar-refractivity contribution in [1.82, 2.24) is 20.1 Å². The van der Waals surface area contributed by atoms with Crippen molar-refractivity contribution >= 4 is 5.96 Å². The Kier molecular flexibility index (Phi) is 6.02. The fraction of sp³-hybridized carbons (Fsp3) is 0.800. The molecule has 1 atom stereocenters. The van der Waals surface area contributed by atoms with Crippen molar-refractivity contribution in [1.29, 1.82) is 0 Å². The van der Waals surface area contributed by atoms with Crippen LogP contribution in [0.25, 0.3) is 0 Å². The van der Waals surface area contributed by atoms with Gasteiger partial charge < -0.3 is 15.6 Å². The van der Waals surface area contributed by atoms with Crippen molar-refractivity contribution in [2.75, 3.05) is 6.54 Å². The summed E-state index contributed by atoms with van der Waals surface area (Å²) in [5.41, 5.74) is 5.85. The Morgan fingerprint density at radius 1 is 1.38 bits per heavy atom. The minimum atomic E-state index is 0.376. The molecule has 0 amide bonds. The minimum absolute atomic E-state index is 0.376. The molecule has 0 saturated heterocycles. The normalized spacial score (nSPS) is 17.1. The van der Waals surface area contributed by atoms with E-state index in [4.69, 9.17) is 5.73 Å². The van der Waals surface area contributed by atoms with E-state index in [1.807, 2.05) is 0 Å². The first-order chi connectivity index (χ1) is 10.2. The molecular formula is C15H28N6. The topological polar surface area (TPSA) is 81.1 Å². The molecule has 2 heterocycles. The van der Waals surface area contributed by atoms with Crippen LogP contribution in [-0.2, 0) is 19.4 Å². The zero-order valence-electron chi connectivity index (χ0n) is 13.3. The first kappa shape index (κ1) is 15.8. The highest BCUT2D eigenvalue weighted by molar-refractivity contribution is 5.78. The second-order valence-electron chi connectivity index (χ2n) is 5.82. The Hall–Kier alpha value is -1.59. The van der Waals surface area contributed by atoms with Gasteiger partial charge in [0.15, 0.2) is 5.96 Å². The molecule has 0 fully saturated rings. The number of nitrogens with two attached hydrogens (primary N) is 1. The summed E-state index contributed by atoms with van der Waals surface area (Å²) < 4.78 is 2.30. The molecule has 3 N–H and O–H groups in total. The Labute approximate surface area is 127 Å². The molecule has 21 heavy (non-hydrogen) atoms. The van der Waals surface area contributed by atoms with Gasteiger partial charge in [0.1, 0.15) is 11.6 Å². The summed E-state index contributed by atoms with van der Waals surface area (Å²) in [5, 5.41) is 11.8. The van der Waals surface area contributed by atoms with Crippen molar-refractivity contribution < 1.29 is 0 Å². The van der Waals surface area contributed by atoms with Crippen molar-refractivity contribution in [2.45, 2.75) is 71.4 Å². The van der Waals surface area contributed by atoms with E-state index in [9.17, 15) is 0 Å². The fourth-order valence-electron chi connectivity index (χ4n) is 2.57. The molecule has 1 aromatic rings. The van der Waals surface area contributed by atoms with Gasteiger partial charge in [-0.1, -0.05) is 13.3 Å². The average Bonchev–Trinajstić information content (AvgIpc) is 2.70. The summed E-state index contributed by atoms with van der Waals surface area (Å²) in [4.78, 5) is 4.37. The molecule has 0 radical (unpaired) electrons. The second-order valence-corrected chi connectivity index (χ2v) is 5.82. The van der Waals surface area contributed by atoms with Crippen molar-refractivity contribution in [2.24, 2.45) is 10.7 Å². The van der Waals surface area contributed by atoms with Crippen LogP contribution in [0.15, 0.2) is 4.99 Å². The highest BCUT2D eigenvalue weighted by atomic mass is 15.3. The molecular weight excluding hydrogens is 264 g/mol. The molecule has 1 aromatic heterocycles. The van der Waals surface area contributed by atoms with Gasteiger partial charge in [0.2, 0.25) is 0 Å². The minimum Gasteiger partial charge on any atom is -0.370 e. The SMILES string of the molecule is CCC(C)NC(N)=NCCCc1nnc2n1CCCCC2. The van der Waals surface area contributed by atoms with E-state index in [1.165, 1.54) is 19.3 Å². The molecule has 2 rings (SSSR count). The van der Waals surface area contributed by atoms with Gasteiger partial charge in [0.25, 0.3) is 0 Å². The predicted molar refractivity (Wildman–Crippen MR) is 85.3 cm³/mol. The molecule has 0 spiro atoms. The molecule has 6 heteroatoms. The monoisotopic (exact) mass is 292 g/mol. The summed E-state index contributed by atoms with van der Waals surface area (Å²) in [5.74, 6) is 2.81. The summed E-state index contributed by atoms with van der Waals surface area (Å²) in [6, 6.07) is 0.376. The maximum atomic E-state index is 5.85. The number of rotatable bonds is 6. The highest BCUT2D eigenvalue weighted by Gasteiger charge is 2.13. The number of hydrogen-bond acceptors (Lipinski definition) is 3. The number of hydrogen-bond donors (Lipinski definition) is 2. The Morgan fingerprint density at radius 2 is 2.24 bits per heavy atom. The lowest BCUT2D eigenvalue weighted by atomic mass is 10.2. The molecule has 0 bridgehead atoms. The van der Waals surface area contributed by atoms with Crippen molar-refractivity contribution in [3.63, 3.8) is 0 Å². The molecule has 0 aliphatic carbocycles. The Balaban J connectivity index is 1.79. The average molecular weight is 292 g/mol. The van der Waals surface area contributed by atoms with E-state index in [2.05, 4.69) is 38.9 Å². The second kappa shape index (κ2) is 8.00. The first-order valence-corrected chi connectivity index (χ1v) is 8.18. The van der Waals surface area contributed by atoms with Crippen LogP contribution in [0.4, 0.5) is 0 Å². The summed E-state index contributed by atoms with van der Waals surface area (Å²) in [6.45, 7) is 6.03. The molecule has 1 aliphatic heterocycles. The van der Waals surface area contributed by atoms with Crippen LogP contribution in [0.3, 0.4) is 0 Å². The van der Waals surface area contributed by atoms with Crippen LogP contribution in [0.1, 0.15) is 57.6 Å². The number of nitrogens with zero attached hydrogens (tertiary/aromatic N) is 4. The third-order valence-electron chi connectivity index (χ3n) is 4.03. The van der Waals surface area contributed by atoms with Crippen LogP contribution in [-0.4, -0.2) is 33.3 Å². The van der Waals surface area contributed by atoms with E-state index in [0.29, 0.717) is 12.0 Å². The third kappa shape index (κ3) is 4.72. The zero-order valence-corrected chi connectivity index (χ0v) is 13.3. The number of fused-ring (bicyclic) bond motifs is 1. The van der Waals surface area contributed by atoms with Gasteiger partial charge >= 0.3 is 0 Å². The summed E-state index contributed by atoms with van der Waals surface area (Å²) in [6.07, 6.45) is 7.76.